The van der Waals surface area contributed by atoms with E-state index in [1.54, 1.807) is 12.1 Å². The van der Waals surface area contributed by atoms with Gasteiger partial charge >= 0.3 is 5.97 Å². The summed E-state index contributed by atoms with van der Waals surface area (Å²) in [4.78, 5) is 14.4. The highest BCUT2D eigenvalue weighted by Crippen LogP contribution is 2.03. The normalized spacial score (nSPS) is 8.46. The maximum absolute atomic E-state index is 10.6. The third-order valence-corrected chi connectivity index (χ3v) is 1.45. The quantitative estimate of drug-likeness (QED) is 0.356. The standard InChI is InChI=1S/C9H6ClNO2/c1-13-9(12)5-3-7-2-4-8(10)11-6-7/h2,4,6H,1H3. The van der Waals surface area contributed by atoms with E-state index in [9.17, 15) is 4.79 Å². The first-order chi connectivity index (χ1) is 6.22. The van der Waals surface area contributed by atoms with E-state index in [1.165, 1.54) is 13.3 Å². The first kappa shape index (κ1) is 9.56. The van der Waals surface area contributed by atoms with Gasteiger partial charge in [-0.25, -0.2) is 9.78 Å². The van der Waals surface area contributed by atoms with E-state index in [-0.39, 0.29) is 0 Å². The van der Waals surface area contributed by atoms with Crippen molar-refractivity contribution in [1.82, 2.24) is 4.98 Å². The SMILES string of the molecule is COC(=O)C#Cc1ccc(Cl)nc1. The molecule has 0 N–H and O–H groups in total. The number of esters is 1. The molecule has 0 saturated carbocycles. The molecule has 0 aliphatic heterocycles. The summed E-state index contributed by atoms with van der Waals surface area (Å²) < 4.78 is 4.34. The van der Waals surface area contributed by atoms with Gasteiger partial charge in [0.15, 0.2) is 0 Å². The number of aromatic nitrogens is 1. The maximum Gasteiger partial charge on any atom is 0.384 e. The fourth-order valence-electron chi connectivity index (χ4n) is 0.624. The molecule has 0 bridgehead atoms. The molecule has 13 heavy (non-hydrogen) atoms. The van der Waals surface area contributed by atoms with E-state index in [0.717, 1.165) is 0 Å². The molecule has 0 spiro atoms. The van der Waals surface area contributed by atoms with E-state index < -0.39 is 5.97 Å². The van der Waals surface area contributed by atoms with Gasteiger partial charge in [0.25, 0.3) is 0 Å². The zero-order valence-electron chi connectivity index (χ0n) is 6.87. The van der Waals surface area contributed by atoms with Crippen LogP contribution in [-0.2, 0) is 9.53 Å². The van der Waals surface area contributed by atoms with Gasteiger partial charge in [-0.15, -0.1) is 0 Å². The highest BCUT2D eigenvalue weighted by atomic mass is 35.5. The minimum Gasteiger partial charge on any atom is -0.459 e. The first-order valence-electron chi connectivity index (χ1n) is 3.44. The number of carbonyl (C=O) groups excluding carboxylic acids is 1. The maximum atomic E-state index is 10.6. The molecule has 1 aromatic rings. The largest absolute Gasteiger partial charge is 0.459 e. The molecule has 0 aromatic carbocycles. The lowest BCUT2D eigenvalue weighted by atomic mass is 10.3. The highest BCUT2D eigenvalue weighted by molar-refractivity contribution is 6.29. The smallest absolute Gasteiger partial charge is 0.384 e. The van der Waals surface area contributed by atoms with Gasteiger partial charge in [0.2, 0.25) is 0 Å². The summed E-state index contributed by atoms with van der Waals surface area (Å²) in [6.45, 7) is 0. The zero-order chi connectivity index (χ0) is 9.68. The van der Waals surface area contributed by atoms with Crippen LogP contribution in [0, 0.1) is 11.8 Å². The van der Waals surface area contributed by atoms with Crippen LogP contribution in [0.25, 0.3) is 0 Å². The Morgan fingerprint density at radius 1 is 1.62 bits per heavy atom. The van der Waals surface area contributed by atoms with Gasteiger partial charge in [0.05, 0.1) is 7.11 Å². The predicted molar refractivity (Wildman–Crippen MR) is 48.1 cm³/mol. The molecule has 0 fully saturated rings. The molecule has 0 aliphatic carbocycles. The monoisotopic (exact) mass is 195 g/mol. The number of ether oxygens (including phenoxy) is 1. The average Bonchev–Trinajstić information content (AvgIpc) is 2.16. The molecule has 0 unspecified atom stereocenters. The molecule has 0 amide bonds. The van der Waals surface area contributed by atoms with Crippen LogP contribution in [0.15, 0.2) is 18.3 Å². The minimum atomic E-state index is -0.574. The lowest BCUT2D eigenvalue weighted by Gasteiger charge is -1.89. The molecule has 0 atom stereocenters. The molecule has 0 aliphatic rings. The number of pyridine rings is 1. The van der Waals surface area contributed by atoms with Crippen LogP contribution in [0.4, 0.5) is 0 Å². The van der Waals surface area contributed by atoms with Crippen molar-refractivity contribution < 1.29 is 9.53 Å². The van der Waals surface area contributed by atoms with Crippen molar-refractivity contribution in [3.8, 4) is 11.8 Å². The number of hydrogen-bond acceptors (Lipinski definition) is 3. The zero-order valence-corrected chi connectivity index (χ0v) is 7.63. The van der Waals surface area contributed by atoms with Crippen LogP contribution >= 0.6 is 11.6 Å². The van der Waals surface area contributed by atoms with Crippen molar-refractivity contribution >= 4 is 17.6 Å². The van der Waals surface area contributed by atoms with E-state index in [0.29, 0.717) is 10.7 Å². The molecule has 0 radical (unpaired) electrons. The fraction of sp³-hybridized carbons (Fsp3) is 0.111. The Bertz CT molecular complexity index is 361. The molecule has 1 heterocycles. The lowest BCUT2D eigenvalue weighted by molar-refractivity contribution is -0.133. The van der Waals surface area contributed by atoms with Crippen molar-refractivity contribution in [1.29, 1.82) is 0 Å². The number of rotatable bonds is 0. The Hall–Kier alpha value is -1.53. The Morgan fingerprint density at radius 3 is 2.92 bits per heavy atom. The second-order valence-corrected chi connectivity index (χ2v) is 2.50. The topological polar surface area (TPSA) is 39.2 Å². The second kappa shape index (κ2) is 4.48. The number of methoxy groups -OCH3 is 1. The van der Waals surface area contributed by atoms with Crippen LogP contribution in [-0.4, -0.2) is 18.1 Å². The van der Waals surface area contributed by atoms with E-state index in [2.05, 4.69) is 21.6 Å². The molecular formula is C9H6ClNO2. The molecule has 3 nitrogen and oxygen atoms in total. The lowest BCUT2D eigenvalue weighted by Crippen LogP contribution is -1.94. The summed E-state index contributed by atoms with van der Waals surface area (Å²) in [6, 6.07) is 3.27. The van der Waals surface area contributed by atoms with Gasteiger partial charge < -0.3 is 4.74 Å². The van der Waals surface area contributed by atoms with E-state index >= 15 is 0 Å². The minimum absolute atomic E-state index is 0.392. The Morgan fingerprint density at radius 2 is 2.38 bits per heavy atom. The number of nitrogens with zero attached hydrogens (tertiary/aromatic N) is 1. The van der Waals surface area contributed by atoms with Crippen LogP contribution in [0.2, 0.25) is 5.15 Å². The van der Waals surface area contributed by atoms with Crippen LogP contribution in [0.1, 0.15) is 5.56 Å². The van der Waals surface area contributed by atoms with Crippen LogP contribution < -0.4 is 0 Å². The number of halogens is 1. The number of carbonyl (C=O) groups is 1. The average molecular weight is 196 g/mol. The molecular weight excluding hydrogens is 190 g/mol. The third-order valence-electron chi connectivity index (χ3n) is 1.22. The van der Waals surface area contributed by atoms with E-state index in [1.807, 2.05) is 0 Å². The first-order valence-corrected chi connectivity index (χ1v) is 3.81. The fourth-order valence-corrected chi connectivity index (χ4v) is 0.736. The van der Waals surface area contributed by atoms with Crippen LogP contribution in [0.5, 0.6) is 0 Å². The predicted octanol–water partition coefficient (Wildman–Crippen LogP) is 1.26. The Labute approximate surface area is 80.7 Å². The van der Waals surface area contributed by atoms with E-state index in [4.69, 9.17) is 11.6 Å². The second-order valence-electron chi connectivity index (χ2n) is 2.11. The van der Waals surface area contributed by atoms with Crippen molar-refractivity contribution in [2.75, 3.05) is 7.11 Å². The summed E-state index contributed by atoms with van der Waals surface area (Å²) >= 11 is 5.55. The van der Waals surface area contributed by atoms with Gasteiger partial charge in [0.1, 0.15) is 5.15 Å². The number of hydrogen-bond donors (Lipinski definition) is 0. The molecule has 1 aromatic heterocycles. The van der Waals surface area contributed by atoms with Crippen LogP contribution in [0.3, 0.4) is 0 Å². The Kier molecular flexibility index (Phi) is 3.30. The summed E-state index contributed by atoms with van der Waals surface area (Å²) in [5, 5.41) is 0.392. The van der Waals surface area contributed by atoms with Gasteiger partial charge in [0, 0.05) is 17.7 Å². The Balaban J connectivity index is 2.78. The van der Waals surface area contributed by atoms with Crippen molar-refractivity contribution in [3.05, 3.63) is 29.0 Å². The molecule has 4 heteroatoms. The van der Waals surface area contributed by atoms with Gasteiger partial charge in [-0.3, -0.25) is 0 Å². The highest BCUT2D eigenvalue weighted by Gasteiger charge is 1.91. The van der Waals surface area contributed by atoms with Crippen molar-refractivity contribution in [2.24, 2.45) is 0 Å². The summed E-state index contributed by atoms with van der Waals surface area (Å²) in [6.07, 6.45) is 1.48. The van der Waals surface area contributed by atoms with Gasteiger partial charge in [-0.1, -0.05) is 17.5 Å². The summed E-state index contributed by atoms with van der Waals surface area (Å²) in [7, 11) is 1.27. The summed E-state index contributed by atoms with van der Waals surface area (Å²) in [5.41, 5.74) is 0.620. The molecule has 66 valence electrons. The van der Waals surface area contributed by atoms with Crippen molar-refractivity contribution in [3.63, 3.8) is 0 Å². The van der Waals surface area contributed by atoms with Gasteiger partial charge in [-0.05, 0) is 12.1 Å². The third kappa shape index (κ3) is 3.14. The summed E-state index contributed by atoms with van der Waals surface area (Å²) in [5.74, 6) is 4.28. The molecule has 0 saturated heterocycles. The van der Waals surface area contributed by atoms with Crippen molar-refractivity contribution in [2.45, 2.75) is 0 Å². The van der Waals surface area contributed by atoms with Gasteiger partial charge in [-0.2, -0.15) is 0 Å². The molecule has 1 rings (SSSR count).